The van der Waals surface area contributed by atoms with Crippen LogP contribution in [-0.2, 0) is 19.1 Å². The second-order valence-electron chi connectivity index (χ2n) is 12.8. The van der Waals surface area contributed by atoms with Crippen molar-refractivity contribution in [2.24, 2.45) is 35.5 Å². The first-order chi connectivity index (χ1) is 18.2. The Labute approximate surface area is 225 Å². The van der Waals surface area contributed by atoms with Gasteiger partial charge in [0.05, 0.1) is 11.8 Å². The number of esters is 1. The van der Waals surface area contributed by atoms with Crippen molar-refractivity contribution in [1.29, 1.82) is 0 Å². The predicted molar refractivity (Wildman–Crippen MR) is 145 cm³/mol. The minimum Gasteiger partial charge on any atom is -0.461 e. The van der Waals surface area contributed by atoms with Crippen molar-refractivity contribution in [3.63, 3.8) is 0 Å². The molecule has 0 radical (unpaired) electrons. The molecule has 1 heterocycles. The quantitative estimate of drug-likeness (QED) is 0.368. The van der Waals surface area contributed by atoms with Crippen LogP contribution >= 0.6 is 0 Å². The van der Waals surface area contributed by atoms with Crippen molar-refractivity contribution < 1.29 is 19.1 Å². The van der Waals surface area contributed by atoms with Crippen LogP contribution in [0.15, 0.2) is 48.5 Å². The molecule has 2 aromatic carbocycles. The standard InChI is InChI=1S/C33H39NO4/c1-17(2)20-15-14-19(5)16-25(20)38-33(37)30(18(3)4)34-31(35)28-26-21-10-6-7-11-22(21)27(29(28)32(34)36)24-13-9-8-12-23(24)26/h6-13,17-20,25-30H,14-16H2,1-5H3/t19-,20-,25-,26?,27?,28-,29+,30-/m1/s1. The van der Waals surface area contributed by atoms with E-state index in [-0.39, 0.29) is 35.7 Å². The third-order valence-corrected chi connectivity index (χ3v) is 9.86. The Morgan fingerprint density at radius 3 is 1.71 bits per heavy atom. The zero-order chi connectivity index (χ0) is 26.9. The Morgan fingerprint density at radius 1 is 0.816 bits per heavy atom. The summed E-state index contributed by atoms with van der Waals surface area (Å²) >= 11 is 0. The molecule has 5 heteroatoms. The van der Waals surface area contributed by atoms with Gasteiger partial charge in [0.1, 0.15) is 12.1 Å². The van der Waals surface area contributed by atoms with Crippen LogP contribution in [0.2, 0.25) is 0 Å². The van der Waals surface area contributed by atoms with E-state index in [0.717, 1.165) is 41.5 Å². The second-order valence-corrected chi connectivity index (χ2v) is 12.8. The summed E-state index contributed by atoms with van der Waals surface area (Å²) in [6, 6.07) is 15.6. The number of benzene rings is 2. The lowest BCUT2D eigenvalue weighted by atomic mass is 9.55. The summed E-state index contributed by atoms with van der Waals surface area (Å²) in [7, 11) is 0. The highest BCUT2D eigenvalue weighted by Gasteiger charge is 2.63. The number of imide groups is 1. The summed E-state index contributed by atoms with van der Waals surface area (Å²) in [5.74, 6) is -1.21. The van der Waals surface area contributed by atoms with E-state index >= 15 is 0 Å². The van der Waals surface area contributed by atoms with E-state index in [9.17, 15) is 14.4 Å². The van der Waals surface area contributed by atoms with E-state index in [1.807, 2.05) is 38.1 Å². The lowest BCUT2D eigenvalue weighted by molar-refractivity contribution is -0.169. The number of amides is 2. The molecule has 2 fully saturated rings. The van der Waals surface area contributed by atoms with Gasteiger partial charge in [-0.15, -0.1) is 0 Å². The molecule has 0 aromatic heterocycles. The van der Waals surface area contributed by atoms with Crippen molar-refractivity contribution in [1.82, 2.24) is 4.90 Å². The molecular formula is C33H39NO4. The van der Waals surface area contributed by atoms with Crippen molar-refractivity contribution in [3.05, 3.63) is 70.8 Å². The zero-order valence-corrected chi connectivity index (χ0v) is 23.1. The fourth-order valence-corrected chi connectivity index (χ4v) is 8.12. The lowest BCUT2D eigenvalue weighted by Crippen LogP contribution is -2.51. The number of nitrogens with zero attached hydrogens (tertiary/aromatic N) is 1. The van der Waals surface area contributed by atoms with E-state index in [4.69, 9.17) is 4.74 Å². The zero-order valence-electron chi connectivity index (χ0n) is 23.1. The Morgan fingerprint density at radius 2 is 1.29 bits per heavy atom. The fourth-order valence-electron chi connectivity index (χ4n) is 8.12. The van der Waals surface area contributed by atoms with Crippen LogP contribution in [0.3, 0.4) is 0 Å². The van der Waals surface area contributed by atoms with Crippen molar-refractivity contribution in [3.8, 4) is 0 Å². The van der Waals surface area contributed by atoms with Crippen LogP contribution in [0.25, 0.3) is 0 Å². The van der Waals surface area contributed by atoms with E-state index in [1.54, 1.807) is 0 Å². The fraction of sp³-hybridized carbons (Fsp3) is 0.545. The van der Waals surface area contributed by atoms with Gasteiger partial charge in [-0.3, -0.25) is 14.5 Å². The second kappa shape index (κ2) is 9.36. The van der Waals surface area contributed by atoms with Crippen molar-refractivity contribution >= 4 is 17.8 Å². The van der Waals surface area contributed by atoms with Crippen molar-refractivity contribution in [2.45, 2.75) is 77.9 Å². The number of carbonyl (C=O) groups excluding carboxylic acids is 3. The smallest absolute Gasteiger partial charge is 0.329 e. The minimum absolute atomic E-state index is 0.174. The normalized spacial score (nSPS) is 32.3. The van der Waals surface area contributed by atoms with Crippen LogP contribution in [0.4, 0.5) is 0 Å². The van der Waals surface area contributed by atoms with Gasteiger partial charge < -0.3 is 4.74 Å². The van der Waals surface area contributed by atoms with E-state index in [2.05, 4.69) is 45.0 Å². The molecule has 1 saturated carbocycles. The Balaban J connectivity index is 1.36. The lowest BCUT2D eigenvalue weighted by Gasteiger charge is -2.45. The molecule has 7 rings (SSSR count). The molecule has 5 nitrogen and oxygen atoms in total. The molecule has 2 bridgehead atoms. The van der Waals surface area contributed by atoms with E-state index in [0.29, 0.717) is 17.8 Å². The topological polar surface area (TPSA) is 63.7 Å². The maximum absolute atomic E-state index is 14.2. The largest absolute Gasteiger partial charge is 0.461 e. The van der Waals surface area contributed by atoms with Gasteiger partial charge in [-0.05, 0) is 58.8 Å². The Kier molecular flexibility index (Phi) is 6.24. The number of likely N-dealkylation sites (tertiary alicyclic amines) is 1. The summed E-state index contributed by atoms with van der Waals surface area (Å²) in [5, 5.41) is 0. The van der Waals surface area contributed by atoms with Gasteiger partial charge in [-0.1, -0.05) is 89.6 Å². The third-order valence-electron chi connectivity index (χ3n) is 9.86. The van der Waals surface area contributed by atoms with Gasteiger partial charge in [-0.25, -0.2) is 4.79 Å². The summed E-state index contributed by atoms with van der Waals surface area (Å²) in [6.45, 7) is 10.4. The highest BCUT2D eigenvalue weighted by atomic mass is 16.5. The summed E-state index contributed by atoms with van der Waals surface area (Å²) in [5.41, 5.74) is 4.56. The summed E-state index contributed by atoms with van der Waals surface area (Å²) in [4.78, 5) is 43.6. The van der Waals surface area contributed by atoms with Crippen LogP contribution in [-0.4, -0.2) is 34.8 Å². The number of ether oxygens (including phenoxy) is 1. The van der Waals surface area contributed by atoms with Gasteiger partial charge in [0, 0.05) is 11.8 Å². The average molecular weight is 514 g/mol. The molecule has 38 heavy (non-hydrogen) atoms. The summed E-state index contributed by atoms with van der Waals surface area (Å²) < 4.78 is 6.23. The van der Waals surface area contributed by atoms with Gasteiger partial charge in [-0.2, -0.15) is 0 Å². The minimum atomic E-state index is -0.906. The van der Waals surface area contributed by atoms with Gasteiger partial charge in [0.2, 0.25) is 11.8 Å². The predicted octanol–water partition coefficient (Wildman–Crippen LogP) is 5.91. The van der Waals surface area contributed by atoms with Gasteiger partial charge in [0.25, 0.3) is 0 Å². The maximum atomic E-state index is 14.2. The van der Waals surface area contributed by atoms with E-state index in [1.165, 1.54) is 4.90 Å². The molecule has 0 unspecified atom stereocenters. The molecule has 1 aliphatic heterocycles. The molecule has 200 valence electrons. The number of carbonyl (C=O) groups is 3. The van der Waals surface area contributed by atoms with Gasteiger partial charge in [0.15, 0.2) is 0 Å². The molecule has 5 aliphatic rings. The highest BCUT2D eigenvalue weighted by molar-refractivity contribution is 6.10. The Bertz CT molecular complexity index is 1170. The van der Waals surface area contributed by atoms with Crippen molar-refractivity contribution in [2.75, 3.05) is 0 Å². The molecule has 4 aliphatic carbocycles. The van der Waals surface area contributed by atoms with Crippen LogP contribution in [0.1, 0.15) is 88.0 Å². The SMILES string of the molecule is CC(C)[C@H]1CC[C@@H](C)C[C@H]1OC(=O)[C@@H](C(C)C)N1C(=O)[C@@H]2C3c4ccccc4C(c4ccccc43)[C@@H]2C1=O. The number of hydrogen-bond acceptors (Lipinski definition) is 4. The monoisotopic (exact) mass is 513 g/mol. The molecule has 2 aromatic rings. The molecule has 1 saturated heterocycles. The molecular weight excluding hydrogens is 474 g/mol. The van der Waals surface area contributed by atoms with E-state index < -0.39 is 23.8 Å². The highest BCUT2D eigenvalue weighted by Crippen LogP contribution is 2.61. The van der Waals surface area contributed by atoms with Gasteiger partial charge >= 0.3 is 5.97 Å². The first-order valence-corrected chi connectivity index (χ1v) is 14.5. The number of rotatable bonds is 5. The first kappa shape index (κ1) is 25.3. The third kappa shape index (κ3) is 3.68. The number of hydrogen-bond donors (Lipinski definition) is 0. The van der Waals surface area contributed by atoms with Crippen LogP contribution < -0.4 is 0 Å². The van der Waals surface area contributed by atoms with Crippen LogP contribution in [0, 0.1) is 35.5 Å². The summed E-state index contributed by atoms with van der Waals surface area (Å²) in [6.07, 6.45) is 2.84. The molecule has 0 N–H and O–H groups in total. The maximum Gasteiger partial charge on any atom is 0.329 e. The molecule has 0 spiro atoms. The van der Waals surface area contributed by atoms with Crippen LogP contribution in [0.5, 0.6) is 0 Å². The molecule has 6 atom stereocenters. The Hall–Kier alpha value is -2.95. The average Bonchev–Trinajstić information content (AvgIpc) is 3.14. The first-order valence-electron chi connectivity index (χ1n) is 14.5. The molecule has 2 amide bonds.